The molecule has 2 fully saturated rings. The topological polar surface area (TPSA) is 90.1 Å². The summed E-state index contributed by atoms with van der Waals surface area (Å²) >= 11 is 1.50. The van der Waals surface area contributed by atoms with E-state index in [2.05, 4.69) is 9.88 Å². The van der Waals surface area contributed by atoms with Gasteiger partial charge in [-0.3, -0.25) is 4.90 Å². The molecule has 5 aliphatic rings. The van der Waals surface area contributed by atoms with E-state index in [0.29, 0.717) is 17.3 Å². The number of aromatic nitrogens is 1. The van der Waals surface area contributed by atoms with E-state index < -0.39 is 11.0 Å². The molecule has 0 amide bonds. The Morgan fingerprint density at radius 2 is 2.13 bits per heavy atom. The number of hydrogen-bond acceptors (Lipinski definition) is 8. The number of ether oxygens (including phenoxy) is 3. The number of aliphatic hydroxyl groups is 1. The standard InChI is InChI=1S/C23H27N3O4S/c1-28-14-8-15(29-2)18-17-12(14)7-16-23(27)9-13-19(31-21(24)25-13)20(30-18)22(17,23)5-6-26(16)10-11-3-4-11/h8,11,16,20,27H,3-7,9-10H2,1-2H3,(H2,24,25)/t16-,20-,22-,23+/m0/s1. The molecule has 1 aromatic carbocycles. The molecule has 3 aliphatic carbocycles. The van der Waals surface area contributed by atoms with E-state index >= 15 is 0 Å². The van der Waals surface area contributed by atoms with Crippen LogP contribution >= 0.6 is 11.3 Å². The summed E-state index contributed by atoms with van der Waals surface area (Å²) in [5.74, 6) is 3.02. The first-order valence-corrected chi connectivity index (χ1v) is 12.0. The Hall–Kier alpha value is -2.03. The average Bonchev–Trinajstić information content (AvgIpc) is 3.38. The third kappa shape index (κ3) is 2.09. The number of nitrogens with two attached hydrogens (primary N) is 1. The van der Waals surface area contributed by atoms with Gasteiger partial charge < -0.3 is 25.1 Å². The Morgan fingerprint density at radius 3 is 2.87 bits per heavy atom. The molecule has 7 rings (SSSR count). The van der Waals surface area contributed by atoms with Crippen LogP contribution in [0.25, 0.3) is 0 Å². The molecule has 7 nitrogen and oxygen atoms in total. The number of likely N-dealkylation sites (tertiary alicyclic amines) is 1. The van der Waals surface area contributed by atoms with Crippen molar-refractivity contribution in [1.29, 1.82) is 0 Å². The van der Waals surface area contributed by atoms with E-state index in [1.165, 1.54) is 24.2 Å². The number of nitrogens with zero attached hydrogens (tertiary/aromatic N) is 2. The minimum atomic E-state index is -0.964. The second-order valence-electron chi connectivity index (χ2n) is 9.81. The highest BCUT2D eigenvalue weighted by Gasteiger charge is 2.73. The van der Waals surface area contributed by atoms with Crippen molar-refractivity contribution in [2.75, 3.05) is 33.0 Å². The zero-order chi connectivity index (χ0) is 21.1. The maximum Gasteiger partial charge on any atom is 0.180 e. The summed E-state index contributed by atoms with van der Waals surface area (Å²) in [5, 5.41) is 13.2. The van der Waals surface area contributed by atoms with Gasteiger partial charge in [0.15, 0.2) is 16.6 Å². The lowest BCUT2D eigenvalue weighted by Crippen LogP contribution is -2.74. The number of thiazole rings is 1. The fourth-order valence-electron chi connectivity index (χ4n) is 6.99. The van der Waals surface area contributed by atoms with Crippen molar-refractivity contribution >= 4 is 16.5 Å². The third-order valence-electron chi connectivity index (χ3n) is 8.45. The molecule has 4 atom stereocenters. The van der Waals surface area contributed by atoms with Gasteiger partial charge in [0.25, 0.3) is 0 Å². The summed E-state index contributed by atoms with van der Waals surface area (Å²) in [6.45, 7) is 2.02. The predicted octanol–water partition coefficient (Wildman–Crippen LogP) is 2.44. The lowest BCUT2D eigenvalue weighted by atomic mass is 9.49. The highest BCUT2D eigenvalue weighted by atomic mass is 32.1. The Kier molecular flexibility index (Phi) is 3.50. The SMILES string of the molecule is COc1cc(OC)c2c3c1C[C@@H]1N(CC4CC4)CC[C@@]34[C@@H](O2)c2sc(N)nc2C[C@@]14O. The Labute approximate surface area is 185 Å². The van der Waals surface area contributed by atoms with Crippen LogP contribution in [0.15, 0.2) is 6.07 Å². The lowest BCUT2D eigenvalue weighted by molar-refractivity contribution is -0.172. The summed E-state index contributed by atoms with van der Waals surface area (Å²) in [5.41, 5.74) is 7.80. The second-order valence-corrected chi connectivity index (χ2v) is 10.9. The first kappa shape index (κ1) is 18.5. The van der Waals surface area contributed by atoms with Crippen molar-refractivity contribution in [1.82, 2.24) is 9.88 Å². The minimum Gasteiger partial charge on any atom is -0.496 e. The number of nitrogen functional groups attached to an aromatic ring is 1. The van der Waals surface area contributed by atoms with Crippen LogP contribution in [0.3, 0.4) is 0 Å². The van der Waals surface area contributed by atoms with E-state index in [9.17, 15) is 5.11 Å². The zero-order valence-electron chi connectivity index (χ0n) is 17.8. The first-order valence-electron chi connectivity index (χ1n) is 11.2. The molecule has 1 saturated heterocycles. The number of benzene rings is 1. The molecule has 1 aromatic heterocycles. The van der Waals surface area contributed by atoms with Gasteiger partial charge in [0.1, 0.15) is 11.9 Å². The zero-order valence-corrected chi connectivity index (χ0v) is 18.6. The van der Waals surface area contributed by atoms with Crippen molar-refractivity contribution in [3.63, 3.8) is 0 Å². The minimum absolute atomic E-state index is 0.00442. The van der Waals surface area contributed by atoms with Crippen LogP contribution in [-0.2, 0) is 18.3 Å². The maximum absolute atomic E-state index is 12.6. The van der Waals surface area contributed by atoms with Gasteiger partial charge in [0, 0.05) is 36.2 Å². The molecule has 8 heteroatoms. The Morgan fingerprint density at radius 1 is 1.32 bits per heavy atom. The normalized spacial score (nSPS) is 34.7. The predicted molar refractivity (Wildman–Crippen MR) is 116 cm³/mol. The van der Waals surface area contributed by atoms with Crippen LogP contribution < -0.4 is 19.9 Å². The van der Waals surface area contributed by atoms with Gasteiger partial charge >= 0.3 is 0 Å². The lowest BCUT2D eigenvalue weighted by Gasteiger charge is -2.62. The monoisotopic (exact) mass is 441 g/mol. The number of hydrogen-bond donors (Lipinski definition) is 2. The number of anilines is 1. The number of piperidine rings is 1. The molecule has 2 aromatic rings. The van der Waals surface area contributed by atoms with Gasteiger partial charge in [0.2, 0.25) is 0 Å². The summed E-state index contributed by atoms with van der Waals surface area (Å²) in [7, 11) is 3.37. The molecule has 164 valence electrons. The molecule has 31 heavy (non-hydrogen) atoms. The van der Waals surface area contributed by atoms with Gasteiger partial charge in [-0.1, -0.05) is 11.3 Å². The Bertz CT molecular complexity index is 1110. The van der Waals surface area contributed by atoms with Crippen LogP contribution in [0.5, 0.6) is 17.2 Å². The summed E-state index contributed by atoms with van der Waals surface area (Å²) in [6.07, 6.45) is 4.40. The van der Waals surface area contributed by atoms with Crippen LogP contribution in [-0.4, -0.2) is 53.9 Å². The quantitative estimate of drug-likeness (QED) is 0.753. The molecule has 3 N–H and O–H groups in total. The van der Waals surface area contributed by atoms with Gasteiger partial charge in [0.05, 0.1) is 35.8 Å². The third-order valence-corrected chi connectivity index (χ3v) is 9.42. The van der Waals surface area contributed by atoms with E-state index in [1.807, 2.05) is 6.07 Å². The van der Waals surface area contributed by atoms with Crippen molar-refractivity contribution in [3.8, 4) is 17.2 Å². The number of rotatable bonds is 4. The molecule has 1 saturated carbocycles. The highest BCUT2D eigenvalue weighted by molar-refractivity contribution is 7.15. The molecule has 3 heterocycles. The Balaban J connectivity index is 1.52. The molecule has 0 radical (unpaired) electrons. The number of fused-ring (bicyclic) bond motifs is 2. The molecular formula is C23H27N3O4S. The molecule has 2 aliphatic heterocycles. The van der Waals surface area contributed by atoms with E-state index in [1.54, 1.807) is 14.2 Å². The van der Waals surface area contributed by atoms with Gasteiger partial charge in [-0.15, -0.1) is 0 Å². The maximum atomic E-state index is 12.6. The summed E-state index contributed by atoms with van der Waals surface area (Å²) in [4.78, 5) is 8.21. The van der Waals surface area contributed by atoms with E-state index in [-0.39, 0.29) is 12.1 Å². The van der Waals surface area contributed by atoms with Crippen molar-refractivity contribution < 1.29 is 19.3 Å². The van der Waals surface area contributed by atoms with E-state index in [4.69, 9.17) is 19.9 Å². The number of methoxy groups -OCH3 is 2. The molecule has 0 unspecified atom stereocenters. The second kappa shape index (κ2) is 5.85. The van der Waals surface area contributed by atoms with Crippen LogP contribution in [0.4, 0.5) is 5.13 Å². The molecule has 1 spiro atoms. The molecular weight excluding hydrogens is 414 g/mol. The van der Waals surface area contributed by atoms with Crippen molar-refractivity contribution in [2.24, 2.45) is 5.92 Å². The van der Waals surface area contributed by atoms with Gasteiger partial charge in [-0.2, -0.15) is 0 Å². The van der Waals surface area contributed by atoms with E-state index in [0.717, 1.165) is 65.0 Å². The van der Waals surface area contributed by atoms with Gasteiger partial charge in [-0.25, -0.2) is 4.98 Å². The van der Waals surface area contributed by atoms with Crippen molar-refractivity contribution in [3.05, 3.63) is 27.8 Å². The molecule has 2 bridgehead atoms. The van der Waals surface area contributed by atoms with Crippen LogP contribution in [0, 0.1) is 5.92 Å². The largest absolute Gasteiger partial charge is 0.496 e. The first-order chi connectivity index (χ1) is 15.0. The summed E-state index contributed by atoms with van der Waals surface area (Å²) in [6, 6.07) is 1.94. The van der Waals surface area contributed by atoms with Crippen molar-refractivity contribution in [2.45, 2.75) is 55.3 Å². The smallest absolute Gasteiger partial charge is 0.180 e. The van der Waals surface area contributed by atoms with Gasteiger partial charge in [-0.05, 0) is 38.1 Å². The highest BCUT2D eigenvalue weighted by Crippen LogP contribution is 2.70. The van der Waals surface area contributed by atoms with Crippen LogP contribution in [0.1, 0.15) is 47.1 Å². The summed E-state index contributed by atoms with van der Waals surface area (Å²) < 4.78 is 18.3. The fraction of sp³-hybridized carbons (Fsp3) is 0.609. The van der Waals surface area contributed by atoms with Crippen LogP contribution in [0.2, 0.25) is 0 Å². The average molecular weight is 442 g/mol. The fourth-order valence-corrected chi connectivity index (χ4v) is 7.96.